The molecule has 0 aromatic heterocycles. The topological polar surface area (TPSA) is 58.4 Å². The third kappa shape index (κ3) is 6.93. The SMILES string of the molecule is CN(C)Cc1cc(CNC(=O)C2CCCC(N)C2)ccc1F.Cl.Cl. The van der Waals surface area contributed by atoms with E-state index in [2.05, 4.69) is 5.32 Å². The Morgan fingerprint density at radius 2 is 2.04 bits per heavy atom. The minimum Gasteiger partial charge on any atom is -0.352 e. The fourth-order valence-corrected chi connectivity index (χ4v) is 3.00. The highest BCUT2D eigenvalue weighted by atomic mass is 35.5. The number of hydrogen-bond donors (Lipinski definition) is 2. The molecule has 1 aromatic rings. The average Bonchev–Trinajstić information content (AvgIpc) is 2.47. The second kappa shape index (κ2) is 10.9. The maximum atomic E-state index is 13.7. The van der Waals surface area contributed by atoms with Gasteiger partial charge in [0.1, 0.15) is 5.82 Å². The molecule has 3 N–H and O–H groups in total. The van der Waals surface area contributed by atoms with Crippen molar-refractivity contribution in [2.24, 2.45) is 11.7 Å². The standard InChI is InChI=1S/C17H26FN3O.2ClH/c1-21(2)11-14-8-12(6-7-16(14)18)10-20-17(22)13-4-3-5-15(19)9-13;;/h6-8,13,15H,3-5,9-11,19H2,1-2H3,(H,20,22);2*1H. The Bertz CT molecular complexity index is 529. The Labute approximate surface area is 156 Å². The van der Waals surface area contributed by atoms with Gasteiger partial charge in [-0.15, -0.1) is 24.8 Å². The normalized spacial score (nSPS) is 20.0. The van der Waals surface area contributed by atoms with E-state index in [4.69, 9.17) is 5.73 Å². The van der Waals surface area contributed by atoms with Crippen molar-refractivity contribution in [3.63, 3.8) is 0 Å². The first kappa shape index (κ1) is 23.1. The van der Waals surface area contributed by atoms with Crippen LogP contribution in [-0.4, -0.2) is 30.9 Å². The van der Waals surface area contributed by atoms with Crippen molar-refractivity contribution in [3.05, 3.63) is 35.1 Å². The summed E-state index contributed by atoms with van der Waals surface area (Å²) in [6.45, 7) is 0.983. The molecular formula is C17H28Cl2FN3O. The molecule has 0 bridgehead atoms. The molecule has 2 rings (SSSR count). The second-order valence-electron chi connectivity index (χ2n) is 6.50. The van der Waals surface area contributed by atoms with Gasteiger partial charge in [0.25, 0.3) is 0 Å². The lowest BCUT2D eigenvalue weighted by molar-refractivity contribution is -0.126. The number of nitrogens with one attached hydrogen (secondary N) is 1. The Morgan fingerprint density at radius 3 is 2.67 bits per heavy atom. The number of benzene rings is 1. The Kier molecular flexibility index (Phi) is 10.5. The molecule has 1 amide bonds. The minimum absolute atomic E-state index is 0. The van der Waals surface area contributed by atoms with E-state index in [1.165, 1.54) is 6.07 Å². The van der Waals surface area contributed by atoms with Crippen molar-refractivity contribution >= 4 is 30.7 Å². The summed E-state index contributed by atoms with van der Waals surface area (Å²) in [7, 11) is 3.81. The highest BCUT2D eigenvalue weighted by molar-refractivity contribution is 5.85. The average molecular weight is 380 g/mol. The van der Waals surface area contributed by atoms with E-state index >= 15 is 0 Å². The molecule has 1 saturated carbocycles. The van der Waals surface area contributed by atoms with Gasteiger partial charge in [-0.1, -0.05) is 12.5 Å². The number of amides is 1. The quantitative estimate of drug-likeness (QED) is 0.826. The summed E-state index contributed by atoms with van der Waals surface area (Å²) in [5.74, 6) is -0.124. The third-order valence-electron chi connectivity index (χ3n) is 4.15. The largest absolute Gasteiger partial charge is 0.352 e. The van der Waals surface area contributed by atoms with Gasteiger partial charge in [-0.2, -0.15) is 0 Å². The Morgan fingerprint density at radius 1 is 1.33 bits per heavy atom. The lowest BCUT2D eigenvalue weighted by atomic mass is 9.85. The van der Waals surface area contributed by atoms with Crippen LogP contribution in [0.25, 0.3) is 0 Å². The zero-order valence-electron chi connectivity index (χ0n) is 14.3. The summed E-state index contributed by atoms with van der Waals surface area (Å²) in [6, 6.07) is 5.16. The van der Waals surface area contributed by atoms with Crippen LogP contribution in [0.2, 0.25) is 0 Å². The lowest BCUT2D eigenvalue weighted by Crippen LogP contribution is -2.37. The molecule has 0 heterocycles. The van der Waals surface area contributed by atoms with Crippen molar-refractivity contribution in [2.45, 2.75) is 44.8 Å². The third-order valence-corrected chi connectivity index (χ3v) is 4.15. The molecular weight excluding hydrogens is 352 g/mol. The van der Waals surface area contributed by atoms with Crippen molar-refractivity contribution in [3.8, 4) is 0 Å². The Balaban J connectivity index is 0.00000264. The van der Waals surface area contributed by atoms with Crippen molar-refractivity contribution in [2.75, 3.05) is 14.1 Å². The summed E-state index contributed by atoms with van der Waals surface area (Å²) in [6.07, 6.45) is 3.70. The van der Waals surface area contributed by atoms with E-state index in [1.807, 2.05) is 25.1 Å². The van der Waals surface area contributed by atoms with Crippen LogP contribution in [0.3, 0.4) is 0 Å². The van der Waals surface area contributed by atoms with E-state index in [-0.39, 0.29) is 48.5 Å². The van der Waals surface area contributed by atoms with E-state index in [0.717, 1.165) is 31.2 Å². The molecule has 4 nitrogen and oxygen atoms in total. The maximum Gasteiger partial charge on any atom is 0.223 e. The number of carbonyl (C=O) groups is 1. The minimum atomic E-state index is -0.206. The van der Waals surface area contributed by atoms with Crippen LogP contribution in [0.15, 0.2) is 18.2 Å². The van der Waals surface area contributed by atoms with E-state index < -0.39 is 0 Å². The molecule has 2 unspecified atom stereocenters. The van der Waals surface area contributed by atoms with Crippen molar-refractivity contribution in [1.82, 2.24) is 10.2 Å². The molecule has 24 heavy (non-hydrogen) atoms. The molecule has 0 aliphatic heterocycles. The van der Waals surface area contributed by atoms with Crippen LogP contribution in [0, 0.1) is 11.7 Å². The molecule has 1 fully saturated rings. The molecule has 1 aromatic carbocycles. The first-order chi connectivity index (χ1) is 10.5. The fourth-order valence-electron chi connectivity index (χ4n) is 3.00. The van der Waals surface area contributed by atoms with E-state index in [9.17, 15) is 9.18 Å². The highest BCUT2D eigenvalue weighted by Gasteiger charge is 2.24. The molecule has 2 atom stereocenters. The lowest BCUT2D eigenvalue weighted by Gasteiger charge is -2.25. The molecule has 138 valence electrons. The molecule has 1 aliphatic carbocycles. The van der Waals surface area contributed by atoms with E-state index in [1.54, 1.807) is 6.07 Å². The summed E-state index contributed by atoms with van der Waals surface area (Å²) in [5, 5.41) is 2.96. The number of rotatable bonds is 5. The van der Waals surface area contributed by atoms with Gasteiger partial charge in [-0.3, -0.25) is 4.79 Å². The number of nitrogens with two attached hydrogens (primary N) is 1. The zero-order valence-corrected chi connectivity index (χ0v) is 15.9. The molecule has 0 radical (unpaired) electrons. The maximum absolute atomic E-state index is 13.7. The van der Waals surface area contributed by atoms with E-state index in [0.29, 0.717) is 18.7 Å². The summed E-state index contributed by atoms with van der Waals surface area (Å²) in [4.78, 5) is 14.1. The van der Waals surface area contributed by atoms with Gasteiger partial charge in [0.2, 0.25) is 5.91 Å². The Hall–Kier alpha value is -0.880. The number of halogens is 3. The first-order valence-electron chi connectivity index (χ1n) is 7.91. The van der Waals surface area contributed by atoms with Crippen molar-refractivity contribution < 1.29 is 9.18 Å². The molecule has 0 saturated heterocycles. The predicted molar refractivity (Wildman–Crippen MR) is 100 cm³/mol. The van der Waals surface area contributed by atoms with Gasteiger partial charge >= 0.3 is 0 Å². The highest BCUT2D eigenvalue weighted by Crippen LogP contribution is 2.23. The van der Waals surface area contributed by atoms with Crippen LogP contribution >= 0.6 is 24.8 Å². The van der Waals surface area contributed by atoms with Crippen LogP contribution < -0.4 is 11.1 Å². The smallest absolute Gasteiger partial charge is 0.223 e. The summed E-state index contributed by atoms with van der Waals surface area (Å²) in [5.41, 5.74) is 7.50. The first-order valence-corrected chi connectivity index (χ1v) is 7.91. The van der Waals surface area contributed by atoms with Crippen LogP contribution in [-0.2, 0) is 17.9 Å². The number of nitrogens with zero attached hydrogens (tertiary/aromatic N) is 1. The van der Waals surface area contributed by atoms with Crippen LogP contribution in [0.5, 0.6) is 0 Å². The van der Waals surface area contributed by atoms with Gasteiger partial charge in [0.15, 0.2) is 0 Å². The van der Waals surface area contributed by atoms with Gasteiger partial charge in [0.05, 0.1) is 0 Å². The number of carbonyl (C=O) groups excluding carboxylic acids is 1. The summed E-state index contributed by atoms with van der Waals surface area (Å²) >= 11 is 0. The van der Waals surface area contributed by atoms with Crippen molar-refractivity contribution in [1.29, 1.82) is 0 Å². The monoisotopic (exact) mass is 379 g/mol. The summed E-state index contributed by atoms with van der Waals surface area (Å²) < 4.78 is 13.7. The second-order valence-corrected chi connectivity index (χ2v) is 6.50. The number of hydrogen-bond acceptors (Lipinski definition) is 3. The molecule has 1 aliphatic rings. The van der Waals surface area contributed by atoms with Gasteiger partial charge in [0, 0.05) is 30.6 Å². The predicted octanol–water partition coefficient (Wildman–Crippen LogP) is 2.86. The molecule has 0 spiro atoms. The van der Waals surface area contributed by atoms with Crippen LogP contribution in [0.4, 0.5) is 4.39 Å². The van der Waals surface area contributed by atoms with Gasteiger partial charge < -0.3 is 16.0 Å². The van der Waals surface area contributed by atoms with Gasteiger partial charge in [-0.05, 0) is 51.1 Å². The zero-order chi connectivity index (χ0) is 16.1. The molecule has 7 heteroatoms. The van der Waals surface area contributed by atoms with Gasteiger partial charge in [-0.25, -0.2) is 4.39 Å². The van der Waals surface area contributed by atoms with Crippen LogP contribution in [0.1, 0.15) is 36.8 Å². The fraction of sp³-hybridized carbons (Fsp3) is 0.588.